The molecular formula is C25H20N4O2. The number of nitrogens with one attached hydrogen (secondary N) is 1. The topological polar surface area (TPSA) is 79.5 Å². The van der Waals surface area contributed by atoms with Crippen molar-refractivity contribution in [1.29, 1.82) is 5.26 Å². The van der Waals surface area contributed by atoms with Crippen LogP contribution in [0.4, 0.5) is 5.82 Å². The van der Waals surface area contributed by atoms with Crippen LogP contribution in [0.15, 0.2) is 84.0 Å². The number of nitriles is 1. The number of hydrazone groups is 1. The van der Waals surface area contributed by atoms with Crippen LogP contribution in [0.2, 0.25) is 0 Å². The maximum absolute atomic E-state index is 9.21. The van der Waals surface area contributed by atoms with Gasteiger partial charge in [0, 0.05) is 10.9 Å². The third-order valence-electron chi connectivity index (χ3n) is 4.70. The Hall–Kier alpha value is -4.37. The number of anilines is 1. The molecule has 0 aliphatic rings. The van der Waals surface area contributed by atoms with E-state index < -0.39 is 0 Å². The highest BCUT2D eigenvalue weighted by atomic mass is 16.5. The second kappa shape index (κ2) is 9.42. The van der Waals surface area contributed by atoms with Crippen molar-refractivity contribution in [1.82, 2.24) is 4.98 Å². The fraction of sp³-hybridized carbons (Fsp3) is 0.0800. The summed E-state index contributed by atoms with van der Waals surface area (Å²) in [6.07, 6.45) is 1.69. The van der Waals surface area contributed by atoms with Crippen molar-refractivity contribution in [2.45, 2.75) is 6.61 Å². The lowest BCUT2D eigenvalue weighted by molar-refractivity contribution is 0.284. The molecular weight excluding hydrogens is 388 g/mol. The Morgan fingerprint density at radius 1 is 1.00 bits per heavy atom. The van der Waals surface area contributed by atoms with Gasteiger partial charge in [-0.25, -0.2) is 4.98 Å². The van der Waals surface area contributed by atoms with Crippen LogP contribution in [0.3, 0.4) is 0 Å². The molecule has 1 heterocycles. The second-order valence-corrected chi connectivity index (χ2v) is 6.73. The first-order valence-electron chi connectivity index (χ1n) is 9.70. The minimum atomic E-state index is 0.280. The summed E-state index contributed by atoms with van der Waals surface area (Å²) >= 11 is 0. The smallest absolute Gasteiger partial charge is 0.161 e. The monoisotopic (exact) mass is 408 g/mol. The van der Waals surface area contributed by atoms with Crippen molar-refractivity contribution < 1.29 is 9.47 Å². The van der Waals surface area contributed by atoms with Crippen LogP contribution in [0.1, 0.15) is 16.7 Å². The number of pyridine rings is 1. The van der Waals surface area contributed by atoms with Gasteiger partial charge in [-0.15, -0.1) is 0 Å². The Kier molecular flexibility index (Phi) is 6.05. The fourth-order valence-corrected chi connectivity index (χ4v) is 3.10. The highest BCUT2D eigenvalue weighted by Crippen LogP contribution is 2.28. The summed E-state index contributed by atoms with van der Waals surface area (Å²) in [5.41, 5.74) is 6.12. The number of methoxy groups -OCH3 is 1. The normalized spacial score (nSPS) is 10.7. The molecule has 0 fully saturated rings. The molecule has 0 atom stereocenters. The molecule has 0 aliphatic heterocycles. The molecule has 1 aromatic heterocycles. The maximum atomic E-state index is 9.21. The minimum Gasteiger partial charge on any atom is -0.493 e. The fourth-order valence-electron chi connectivity index (χ4n) is 3.10. The number of rotatable bonds is 7. The predicted octanol–water partition coefficient (Wildman–Crippen LogP) is 5.14. The summed E-state index contributed by atoms with van der Waals surface area (Å²) in [4.78, 5) is 4.53. The van der Waals surface area contributed by atoms with Gasteiger partial charge in [-0.05, 0) is 48.0 Å². The minimum absolute atomic E-state index is 0.280. The Morgan fingerprint density at radius 3 is 2.71 bits per heavy atom. The molecule has 4 rings (SSSR count). The number of aromatic nitrogens is 1. The average molecular weight is 408 g/mol. The van der Waals surface area contributed by atoms with E-state index in [1.54, 1.807) is 19.4 Å². The van der Waals surface area contributed by atoms with Crippen LogP contribution in [-0.4, -0.2) is 18.3 Å². The molecule has 6 nitrogen and oxygen atoms in total. The third-order valence-corrected chi connectivity index (χ3v) is 4.70. The van der Waals surface area contributed by atoms with E-state index in [9.17, 15) is 5.26 Å². The Morgan fingerprint density at radius 2 is 1.84 bits per heavy atom. The van der Waals surface area contributed by atoms with Crippen molar-refractivity contribution >= 4 is 22.9 Å². The number of benzene rings is 3. The van der Waals surface area contributed by atoms with E-state index in [0.717, 1.165) is 22.0 Å². The summed E-state index contributed by atoms with van der Waals surface area (Å²) in [6, 6.07) is 26.9. The van der Waals surface area contributed by atoms with E-state index in [4.69, 9.17) is 9.47 Å². The number of nitrogens with zero attached hydrogens (tertiary/aromatic N) is 3. The van der Waals surface area contributed by atoms with Crippen LogP contribution in [0.5, 0.6) is 11.5 Å². The van der Waals surface area contributed by atoms with Crippen molar-refractivity contribution in [3.8, 4) is 17.6 Å². The molecule has 4 aromatic rings. The third kappa shape index (κ3) is 4.80. The molecule has 0 unspecified atom stereocenters. The van der Waals surface area contributed by atoms with E-state index in [-0.39, 0.29) is 6.61 Å². The summed E-state index contributed by atoms with van der Waals surface area (Å²) in [7, 11) is 1.59. The van der Waals surface area contributed by atoms with E-state index in [1.165, 1.54) is 0 Å². The first-order valence-corrected chi connectivity index (χ1v) is 9.70. The lowest BCUT2D eigenvalue weighted by Crippen LogP contribution is -2.00. The molecule has 31 heavy (non-hydrogen) atoms. The van der Waals surface area contributed by atoms with E-state index in [2.05, 4.69) is 21.6 Å². The number of hydrogen-bond acceptors (Lipinski definition) is 6. The first-order chi connectivity index (χ1) is 15.3. The van der Waals surface area contributed by atoms with Gasteiger partial charge in [-0.2, -0.15) is 10.4 Å². The lowest BCUT2D eigenvalue weighted by Gasteiger charge is -2.12. The van der Waals surface area contributed by atoms with Crippen LogP contribution < -0.4 is 14.9 Å². The largest absolute Gasteiger partial charge is 0.493 e. The summed E-state index contributed by atoms with van der Waals surface area (Å²) in [5.74, 6) is 1.84. The van der Waals surface area contributed by atoms with Crippen molar-refractivity contribution in [3.63, 3.8) is 0 Å². The van der Waals surface area contributed by atoms with Crippen molar-refractivity contribution in [2.24, 2.45) is 5.10 Å². The van der Waals surface area contributed by atoms with Crippen molar-refractivity contribution in [2.75, 3.05) is 12.5 Å². The molecule has 3 aromatic carbocycles. The number of para-hydroxylation sites is 1. The van der Waals surface area contributed by atoms with Crippen LogP contribution in [0.25, 0.3) is 10.9 Å². The highest BCUT2D eigenvalue weighted by molar-refractivity contribution is 5.82. The van der Waals surface area contributed by atoms with Crippen LogP contribution >= 0.6 is 0 Å². The van der Waals surface area contributed by atoms with Gasteiger partial charge in [0.1, 0.15) is 12.4 Å². The second-order valence-electron chi connectivity index (χ2n) is 6.73. The molecule has 0 amide bonds. The van der Waals surface area contributed by atoms with E-state index >= 15 is 0 Å². The number of ether oxygens (including phenoxy) is 2. The van der Waals surface area contributed by atoms with Gasteiger partial charge in [0.05, 0.1) is 30.5 Å². The van der Waals surface area contributed by atoms with Gasteiger partial charge < -0.3 is 9.47 Å². The summed E-state index contributed by atoms with van der Waals surface area (Å²) in [5, 5.41) is 14.6. The van der Waals surface area contributed by atoms with Crippen molar-refractivity contribution in [3.05, 3.63) is 95.6 Å². The molecule has 1 N–H and O–H groups in total. The molecule has 0 bridgehead atoms. The first kappa shape index (κ1) is 19.9. The van der Waals surface area contributed by atoms with E-state index in [1.807, 2.05) is 72.8 Å². The zero-order chi connectivity index (χ0) is 21.5. The summed E-state index contributed by atoms with van der Waals surface area (Å²) in [6.45, 7) is 0.280. The van der Waals surface area contributed by atoms with Gasteiger partial charge in [-0.1, -0.05) is 36.4 Å². The SMILES string of the molecule is COc1cc(/C=N\Nc2ccc3ccccc3n2)ccc1OCc1ccccc1C#N. The molecule has 0 aliphatic carbocycles. The molecule has 0 spiro atoms. The van der Waals surface area contributed by atoms with Crippen LogP contribution in [0, 0.1) is 11.3 Å². The summed E-state index contributed by atoms with van der Waals surface area (Å²) < 4.78 is 11.3. The maximum Gasteiger partial charge on any atom is 0.161 e. The number of hydrogen-bond donors (Lipinski definition) is 1. The standard InChI is InChI=1S/C25H20N4O2/c1-30-24-14-18(10-12-23(24)31-17-21-8-3-2-7-20(21)15-26)16-27-29-25-13-11-19-6-4-5-9-22(19)28-25/h2-14,16H,17H2,1H3,(H,28,29)/b27-16-. The molecule has 0 radical (unpaired) electrons. The Labute approximate surface area is 180 Å². The quantitative estimate of drug-likeness (QED) is 0.338. The van der Waals surface area contributed by atoms with Gasteiger partial charge in [0.15, 0.2) is 11.5 Å². The zero-order valence-electron chi connectivity index (χ0n) is 16.9. The molecule has 152 valence electrons. The van der Waals surface area contributed by atoms with Gasteiger partial charge >= 0.3 is 0 Å². The Balaban J connectivity index is 1.44. The predicted molar refractivity (Wildman–Crippen MR) is 121 cm³/mol. The zero-order valence-corrected chi connectivity index (χ0v) is 16.9. The molecule has 0 saturated carbocycles. The van der Waals surface area contributed by atoms with Crippen LogP contribution in [-0.2, 0) is 6.61 Å². The average Bonchev–Trinajstić information content (AvgIpc) is 2.83. The number of fused-ring (bicyclic) bond motifs is 1. The lowest BCUT2D eigenvalue weighted by atomic mass is 10.1. The molecule has 6 heteroatoms. The van der Waals surface area contributed by atoms with Gasteiger partial charge in [0.25, 0.3) is 0 Å². The van der Waals surface area contributed by atoms with Gasteiger partial charge in [0.2, 0.25) is 0 Å². The Bertz CT molecular complexity index is 1280. The van der Waals surface area contributed by atoms with Gasteiger partial charge in [-0.3, -0.25) is 5.43 Å². The highest BCUT2D eigenvalue weighted by Gasteiger charge is 2.07. The van der Waals surface area contributed by atoms with E-state index in [0.29, 0.717) is 22.9 Å². The molecule has 0 saturated heterocycles.